The van der Waals surface area contributed by atoms with Gasteiger partial charge in [0.2, 0.25) is 0 Å². The van der Waals surface area contributed by atoms with Gasteiger partial charge in [0.15, 0.2) is 0 Å². The highest BCUT2D eigenvalue weighted by molar-refractivity contribution is 6.30. The minimum atomic E-state index is 0.729. The van der Waals surface area contributed by atoms with E-state index in [1.165, 1.54) is 16.8 Å². The van der Waals surface area contributed by atoms with Gasteiger partial charge in [-0.05, 0) is 30.7 Å². The second kappa shape index (κ2) is 6.90. The van der Waals surface area contributed by atoms with E-state index in [1.54, 1.807) is 0 Å². The lowest BCUT2D eigenvalue weighted by molar-refractivity contribution is 0.242. The van der Waals surface area contributed by atoms with E-state index in [0.717, 1.165) is 48.2 Å². The number of nitrogens with zero attached hydrogens (tertiary/aromatic N) is 4. The van der Waals surface area contributed by atoms with Crippen molar-refractivity contribution >= 4 is 11.6 Å². The second-order valence-electron chi connectivity index (χ2n) is 6.41. The summed E-state index contributed by atoms with van der Waals surface area (Å²) in [6.07, 6.45) is 4.90. The number of hydrogen-bond donors (Lipinski definition) is 0. The van der Waals surface area contributed by atoms with Crippen LogP contribution in [0.2, 0.25) is 5.02 Å². The van der Waals surface area contributed by atoms with Gasteiger partial charge >= 0.3 is 0 Å². The van der Waals surface area contributed by atoms with E-state index in [-0.39, 0.29) is 0 Å². The van der Waals surface area contributed by atoms with Gasteiger partial charge in [0.1, 0.15) is 5.82 Å². The molecule has 126 valence electrons. The van der Waals surface area contributed by atoms with Crippen LogP contribution in [-0.2, 0) is 19.5 Å². The van der Waals surface area contributed by atoms with Gasteiger partial charge in [0, 0.05) is 60.3 Å². The van der Waals surface area contributed by atoms with Crippen molar-refractivity contribution in [1.29, 1.82) is 0 Å². The third-order valence-electron chi connectivity index (χ3n) is 4.48. The van der Waals surface area contributed by atoms with Crippen molar-refractivity contribution < 1.29 is 0 Å². The number of halogens is 1. The SMILES string of the molecule is Cc1ncc2c(n1)CCN(Cc1ccc(-c3cccc(Cl)c3)nc1)C2. The van der Waals surface area contributed by atoms with E-state index in [2.05, 4.69) is 32.0 Å². The van der Waals surface area contributed by atoms with Crippen LogP contribution >= 0.6 is 11.6 Å². The number of benzene rings is 1. The number of hydrogen-bond acceptors (Lipinski definition) is 4. The van der Waals surface area contributed by atoms with E-state index in [0.29, 0.717) is 0 Å². The average Bonchev–Trinajstić information content (AvgIpc) is 2.62. The Morgan fingerprint density at radius 2 is 2.04 bits per heavy atom. The Hall–Kier alpha value is -2.30. The quantitative estimate of drug-likeness (QED) is 0.714. The maximum Gasteiger partial charge on any atom is 0.125 e. The first-order chi connectivity index (χ1) is 12.2. The van der Waals surface area contributed by atoms with Gasteiger partial charge in [-0.3, -0.25) is 9.88 Å². The number of aryl methyl sites for hydroxylation is 1. The Morgan fingerprint density at radius 3 is 2.84 bits per heavy atom. The summed E-state index contributed by atoms with van der Waals surface area (Å²) >= 11 is 6.06. The zero-order valence-electron chi connectivity index (χ0n) is 14.1. The van der Waals surface area contributed by atoms with Crippen LogP contribution in [-0.4, -0.2) is 26.4 Å². The van der Waals surface area contributed by atoms with Crippen molar-refractivity contribution in [2.45, 2.75) is 26.4 Å². The first-order valence-electron chi connectivity index (χ1n) is 8.42. The number of aromatic nitrogens is 3. The lowest BCUT2D eigenvalue weighted by Crippen LogP contribution is -2.31. The number of fused-ring (bicyclic) bond motifs is 1. The van der Waals surface area contributed by atoms with Gasteiger partial charge in [0.05, 0.1) is 5.69 Å². The van der Waals surface area contributed by atoms with Crippen molar-refractivity contribution in [2.24, 2.45) is 0 Å². The Morgan fingerprint density at radius 1 is 1.12 bits per heavy atom. The molecule has 2 aromatic heterocycles. The zero-order valence-corrected chi connectivity index (χ0v) is 14.9. The molecule has 0 N–H and O–H groups in total. The predicted octanol–water partition coefficient (Wildman–Crippen LogP) is 4.06. The Balaban J connectivity index is 1.46. The molecule has 0 saturated heterocycles. The summed E-state index contributed by atoms with van der Waals surface area (Å²) in [4.78, 5) is 15.9. The smallest absolute Gasteiger partial charge is 0.125 e. The molecule has 1 aromatic carbocycles. The summed E-state index contributed by atoms with van der Waals surface area (Å²) in [6, 6.07) is 12.0. The highest BCUT2D eigenvalue weighted by Crippen LogP contribution is 2.22. The van der Waals surface area contributed by atoms with Gasteiger partial charge in [-0.1, -0.05) is 29.8 Å². The molecule has 0 amide bonds. The summed E-state index contributed by atoms with van der Waals surface area (Å²) in [5.41, 5.74) is 5.62. The van der Waals surface area contributed by atoms with Crippen molar-refractivity contribution in [3.05, 3.63) is 76.5 Å². The molecule has 0 fully saturated rings. The molecule has 4 nitrogen and oxygen atoms in total. The molecular formula is C20H19ClN4. The van der Waals surface area contributed by atoms with Crippen LogP contribution in [0.1, 0.15) is 22.6 Å². The third-order valence-corrected chi connectivity index (χ3v) is 4.72. The molecule has 0 radical (unpaired) electrons. The zero-order chi connectivity index (χ0) is 17.2. The molecule has 25 heavy (non-hydrogen) atoms. The fourth-order valence-corrected chi connectivity index (χ4v) is 3.39. The Kier molecular flexibility index (Phi) is 4.47. The molecule has 0 saturated carbocycles. The fourth-order valence-electron chi connectivity index (χ4n) is 3.20. The molecule has 0 bridgehead atoms. The highest BCUT2D eigenvalue weighted by atomic mass is 35.5. The summed E-state index contributed by atoms with van der Waals surface area (Å²) < 4.78 is 0. The van der Waals surface area contributed by atoms with Crippen molar-refractivity contribution in [3.8, 4) is 11.3 Å². The van der Waals surface area contributed by atoms with E-state index in [9.17, 15) is 0 Å². The topological polar surface area (TPSA) is 41.9 Å². The fraction of sp³-hybridized carbons (Fsp3) is 0.250. The van der Waals surface area contributed by atoms with E-state index in [4.69, 9.17) is 11.6 Å². The average molecular weight is 351 g/mol. The highest BCUT2D eigenvalue weighted by Gasteiger charge is 2.18. The normalized spacial score (nSPS) is 14.3. The summed E-state index contributed by atoms with van der Waals surface area (Å²) in [5, 5.41) is 0.729. The molecule has 0 aliphatic carbocycles. The lowest BCUT2D eigenvalue weighted by atomic mass is 10.1. The third kappa shape index (κ3) is 3.70. The van der Waals surface area contributed by atoms with Crippen LogP contribution in [0.15, 0.2) is 48.8 Å². The predicted molar refractivity (Wildman–Crippen MR) is 99.3 cm³/mol. The van der Waals surface area contributed by atoms with Gasteiger partial charge in [-0.2, -0.15) is 0 Å². The molecule has 3 heterocycles. The van der Waals surface area contributed by atoms with Gasteiger partial charge in [-0.15, -0.1) is 0 Å². The molecule has 1 aliphatic heterocycles. The minimum absolute atomic E-state index is 0.729. The molecule has 5 heteroatoms. The molecular weight excluding hydrogens is 332 g/mol. The van der Waals surface area contributed by atoms with Crippen LogP contribution in [0.3, 0.4) is 0 Å². The van der Waals surface area contributed by atoms with Crippen LogP contribution in [0.5, 0.6) is 0 Å². The van der Waals surface area contributed by atoms with Crippen molar-refractivity contribution in [2.75, 3.05) is 6.54 Å². The standard InChI is InChI=1S/C20H19ClN4/c1-14-22-11-17-13-25(8-7-20(17)24-14)12-15-5-6-19(23-10-15)16-3-2-4-18(21)9-16/h2-6,9-11H,7-8,12-13H2,1H3. The van der Waals surface area contributed by atoms with Gasteiger partial charge in [0.25, 0.3) is 0 Å². The second-order valence-corrected chi connectivity index (χ2v) is 6.85. The van der Waals surface area contributed by atoms with Crippen LogP contribution < -0.4 is 0 Å². The van der Waals surface area contributed by atoms with E-state index >= 15 is 0 Å². The molecule has 0 spiro atoms. The summed E-state index contributed by atoms with van der Waals surface area (Å²) in [6.45, 7) is 4.74. The molecule has 4 rings (SSSR count). The Bertz CT molecular complexity index is 892. The van der Waals surface area contributed by atoms with Crippen LogP contribution in [0, 0.1) is 6.92 Å². The van der Waals surface area contributed by atoms with Crippen LogP contribution in [0.25, 0.3) is 11.3 Å². The minimum Gasteiger partial charge on any atom is -0.294 e. The maximum absolute atomic E-state index is 6.06. The lowest BCUT2D eigenvalue weighted by Gasteiger charge is -2.27. The Labute approximate surface area is 152 Å². The van der Waals surface area contributed by atoms with E-state index < -0.39 is 0 Å². The molecule has 1 aliphatic rings. The summed E-state index contributed by atoms with van der Waals surface area (Å²) in [5.74, 6) is 0.855. The monoisotopic (exact) mass is 350 g/mol. The number of pyridine rings is 1. The first kappa shape index (κ1) is 16.2. The maximum atomic E-state index is 6.06. The molecule has 0 atom stereocenters. The van der Waals surface area contributed by atoms with Gasteiger partial charge < -0.3 is 0 Å². The van der Waals surface area contributed by atoms with Crippen LogP contribution in [0.4, 0.5) is 0 Å². The van der Waals surface area contributed by atoms with E-state index in [1.807, 2.05) is 43.6 Å². The first-order valence-corrected chi connectivity index (χ1v) is 8.80. The van der Waals surface area contributed by atoms with Crippen molar-refractivity contribution in [3.63, 3.8) is 0 Å². The number of rotatable bonds is 3. The molecule has 0 unspecified atom stereocenters. The largest absolute Gasteiger partial charge is 0.294 e. The summed E-state index contributed by atoms with van der Waals surface area (Å²) in [7, 11) is 0. The van der Waals surface area contributed by atoms with Crippen molar-refractivity contribution in [1.82, 2.24) is 19.9 Å². The molecule has 3 aromatic rings. The van der Waals surface area contributed by atoms with Gasteiger partial charge in [-0.25, -0.2) is 9.97 Å².